The molecule has 0 aliphatic heterocycles. The lowest BCUT2D eigenvalue weighted by Crippen LogP contribution is -2.23. The molecule has 0 radical (unpaired) electrons. The van der Waals surface area contributed by atoms with E-state index in [0.717, 1.165) is 12.1 Å². The fourth-order valence-electron chi connectivity index (χ4n) is 2.29. The van der Waals surface area contributed by atoms with E-state index in [-0.39, 0.29) is 0 Å². The standard InChI is InChI=1S/C15H19N3O/c1-2-15(8-9-15)11-16-10-13-17-18-14(19-13)12-6-4-3-5-7-12/h3-7,16H,2,8-11H2,1H3. The van der Waals surface area contributed by atoms with Crippen molar-refractivity contribution in [2.75, 3.05) is 6.54 Å². The van der Waals surface area contributed by atoms with Crippen molar-refractivity contribution >= 4 is 0 Å². The van der Waals surface area contributed by atoms with Crippen molar-refractivity contribution in [3.63, 3.8) is 0 Å². The van der Waals surface area contributed by atoms with Gasteiger partial charge in [-0.2, -0.15) is 0 Å². The molecule has 100 valence electrons. The molecular weight excluding hydrogens is 238 g/mol. The van der Waals surface area contributed by atoms with Gasteiger partial charge in [-0.15, -0.1) is 10.2 Å². The van der Waals surface area contributed by atoms with E-state index in [1.807, 2.05) is 30.3 Å². The molecule has 0 amide bonds. The second-order valence-electron chi connectivity index (χ2n) is 5.32. The highest BCUT2D eigenvalue weighted by molar-refractivity contribution is 5.51. The summed E-state index contributed by atoms with van der Waals surface area (Å²) >= 11 is 0. The Hall–Kier alpha value is -1.68. The smallest absolute Gasteiger partial charge is 0.247 e. The van der Waals surface area contributed by atoms with Crippen LogP contribution in [0.3, 0.4) is 0 Å². The summed E-state index contributed by atoms with van der Waals surface area (Å²) in [5, 5.41) is 11.6. The predicted octanol–water partition coefficient (Wildman–Crippen LogP) is 3.02. The van der Waals surface area contributed by atoms with Crippen molar-refractivity contribution < 1.29 is 4.42 Å². The van der Waals surface area contributed by atoms with E-state index < -0.39 is 0 Å². The van der Waals surface area contributed by atoms with E-state index in [1.165, 1.54) is 19.3 Å². The zero-order chi connectivity index (χ0) is 13.1. The van der Waals surface area contributed by atoms with Crippen LogP contribution in [0.4, 0.5) is 0 Å². The number of hydrogen-bond acceptors (Lipinski definition) is 4. The van der Waals surface area contributed by atoms with E-state index in [1.54, 1.807) is 0 Å². The molecule has 0 atom stereocenters. The first kappa shape index (κ1) is 12.4. The average molecular weight is 257 g/mol. The Balaban J connectivity index is 1.57. The summed E-state index contributed by atoms with van der Waals surface area (Å²) in [7, 11) is 0. The Morgan fingerprint density at radius 1 is 1.21 bits per heavy atom. The Kier molecular flexibility index (Phi) is 3.34. The van der Waals surface area contributed by atoms with Crippen LogP contribution in [-0.4, -0.2) is 16.7 Å². The second-order valence-corrected chi connectivity index (χ2v) is 5.32. The van der Waals surface area contributed by atoms with Gasteiger partial charge in [0.2, 0.25) is 11.8 Å². The average Bonchev–Trinajstić information content (AvgIpc) is 3.09. The highest BCUT2D eigenvalue weighted by Crippen LogP contribution is 2.47. The fourth-order valence-corrected chi connectivity index (χ4v) is 2.29. The van der Waals surface area contributed by atoms with Crippen LogP contribution in [0, 0.1) is 5.41 Å². The monoisotopic (exact) mass is 257 g/mol. The summed E-state index contributed by atoms with van der Waals surface area (Å²) in [6, 6.07) is 9.86. The molecule has 1 fully saturated rings. The molecule has 0 saturated heterocycles. The second kappa shape index (κ2) is 5.13. The van der Waals surface area contributed by atoms with E-state index >= 15 is 0 Å². The van der Waals surface area contributed by atoms with Crippen LogP contribution in [0.1, 0.15) is 32.1 Å². The van der Waals surface area contributed by atoms with Gasteiger partial charge in [-0.1, -0.05) is 25.1 Å². The number of nitrogens with one attached hydrogen (secondary N) is 1. The first-order valence-electron chi connectivity index (χ1n) is 6.90. The van der Waals surface area contributed by atoms with Crippen LogP contribution in [0.25, 0.3) is 11.5 Å². The van der Waals surface area contributed by atoms with Gasteiger partial charge in [-0.3, -0.25) is 0 Å². The van der Waals surface area contributed by atoms with Gasteiger partial charge in [0.25, 0.3) is 0 Å². The maximum atomic E-state index is 5.65. The highest BCUT2D eigenvalue weighted by Gasteiger charge is 2.39. The number of benzene rings is 1. The number of rotatable bonds is 6. The van der Waals surface area contributed by atoms with Crippen molar-refractivity contribution in [1.82, 2.24) is 15.5 Å². The molecule has 1 N–H and O–H groups in total. The lowest BCUT2D eigenvalue weighted by Gasteiger charge is -2.11. The quantitative estimate of drug-likeness (QED) is 0.864. The fraction of sp³-hybridized carbons (Fsp3) is 0.467. The third kappa shape index (κ3) is 2.84. The largest absolute Gasteiger partial charge is 0.419 e. The highest BCUT2D eigenvalue weighted by atomic mass is 16.4. The molecular formula is C15H19N3O. The molecule has 19 heavy (non-hydrogen) atoms. The van der Waals surface area contributed by atoms with Crippen molar-refractivity contribution in [2.45, 2.75) is 32.7 Å². The number of aromatic nitrogens is 2. The molecule has 1 aliphatic carbocycles. The molecule has 0 unspecified atom stereocenters. The van der Waals surface area contributed by atoms with Crippen molar-refractivity contribution in [3.05, 3.63) is 36.2 Å². The van der Waals surface area contributed by atoms with Gasteiger partial charge in [0.15, 0.2) is 0 Å². The third-order valence-corrected chi connectivity index (χ3v) is 3.97. The van der Waals surface area contributed by atoms with Gasteiger partial charge in [-0.05, 0) is 36.8 Å². The van der Waals surface area contributed by atoms with Gasteiger partial charge in [0, 0.05) is 12.1 Å². The van der Waals surface area contributed by atoms with Gasteiger partial charge in [-0.25, -0.2) is 0 Å². The van der Waals surface area contributed by atoms with Gasteiger partial charge in [0.05, 0.1) is 6.54 Å². The first-order chi connectivity index (χ1) is 9.31. The van der Waals surface area contributed by atoms with Crippen molar-refractivity contribution in [3.8, 4) is 11.5 Å². The van der Waals surface area contributed by atoms with E-state index in [4.69, 9.17) is 4.42 Å². The lowest BCUT2D eigenvalue weighted by atomic mass is 10.0. The summed E-state index contributed by atoms with van der Waals surface area (Å²) in [6.45, 7) is 3.96. The molecule has 4 nitrogen and oxygen atoms in total. The molecule has 4 heteroatoms. The van der Waals surface area contributed by atoms with Crippen LogP contribution < -0.4 is 5.32 Å². The Labute approximate surface area is 113 Å². The summed E-state index contributed by atoms with van der Waals surface area (Å²) in [4.78, 5) is 0. The molecule has 1 aliphatic rings. The summed E-state index contributed by atoms with van der Waals surface area (Å²) in [5.74, 6) is 1.25. The Morgan fingerprint density at radius 3 is 2.68 bits per heavy atom. The molecule has 0 spiro atoms. The minimum absolute atomic E-state index is 0.544. The maximum Gasteiger partial charge on any atom is 0.247 e. The predicted molar refractivity (Wildman–Crippen MR) is 73.4 cm³/mol. The number of hydrogen-bond donors (Lipinski definition) is 1. The van der Waals surface area contributed by atoms with E-state index in [9.17, 15) is 0 Å². The summed E-state index contributed by atoms with van der Waals surface area (Å²) in [6.07, 6.45) is 3.93. The van der Waals surface area contributed by atoms with Crippen LogP contribution in [0.2, 0.25) is 0 Å². The Bertz CT molecular complexity index is 531. The van der Waals surface area contributed by atoms with Gasteiger partial charge < -0.3 is 9.73 Å². The SMILES string of the molecule is CCC1(CNCc2nnc(-c3ccccc3)o2)CC1. The molecule has 1 heterocycles. The van der Waals surface area contributed by atoms with Crippen LogP contribution in [-0.2, 0) is 6.54 Å². The summed E-state index contributed by atoms with van der Waals surface area (Å²) < 4.78 is 5.65. The molecule has 0 bridgehead atoms. The third-order valence-electron chi connectivity index (χ3n) is 3.97. The Morgan fingerprint density at radius 2 is 2.00 bits per heavy atom. The van der Waals surface area contributed by atoms with Crippen LogP contribution in [0.5, 0.6) is 0 Å². The van der Waals surface area contributed by atoms with Crippen LogP contribution in [0.15, 0.2) is 34.7 Å². The molecule has 1 aromatic carbocycles. The molecule has 2 aromatic rings. The zero-order valence-electron chi connectivity index (χ0n) is 11.2. The van der Waals surface area contributed by atoms with Crippen LogP contribution >= 0.6 is 0 Å². The zero-order valence-corrected chi connectivity index (χ0v) is 11.2. The maximum absolute atomic E-state index is 5.65. The lowest BCUT2D eigenvalue weighted by molar-refractivity contribution is 0.413. The topological polar surface area (TPSA) is 51.0 Å². The van der Waals surface area contributed by atoms with Crippen molar-refractivity contribution in [2.24, 2.45) is 5.41 Å². The molecule has 1 saturated carbocycles. The normalized spacial score (nSPS) is 16.5. The van der Waals surface area contributed by atoms with E-state index in [0.29, 0.717) is 23.7 Å². The minimum Gasteiger partial charge on any atom is -0.419 e. The summed E-state index contributed by atoms with van der Waals surface area (Å²) in [5.41, 5.74) is 1.51. The van der Waals surface area contributed by atoms with E-state index in [2.05, 4.69) is 22.4 Å². The molecule has 1 aromatic heterocycles. The minimum atomic E-state index is 0.544. The number of nitrogens with zero attached hydrogens (tertiary/aromatic N) is 2. The molecule has 3 rings (SSSR count). The van der Waals surface area contributed by atoms with Gasteiger partial charge in [0.1, 0.15) is 0 Å². The van der Waals surface area contributed by atoms with Crippen molar-refractivity contribution in [1.29, 1.82) is 0 Å². The first-order valence-corrected chi connectivity index (χ1v) is 6.90. The van der Waals surface area contributed by atoms with Gasteiger partial charge >= 0.3 is 0 Å².